The van der Waals surface area contributed by atoms with E-state index in [1.54, 1.807) is 0 Å². The zero-order valence-corrected chi connectivity index (χ0v) is 8.19. The summed E-state index contributed by atoms with van der Waals surface area (Å²) in [5.41, 5.74) is 0. The molecule has 80 valence electrons. The van der Waals surface area contributed by atoms with Gasteiger partial charge in [0.1, 0.15) is 12.9 Å². The third-order valence-electron chi connectivity index (χ3n) is 3.30. The van der Waals surface area contributed by atoms with Crippen LogP contribution in [0.25, 0.3) is 0 Å². The van der Waals surface area contributed by atoms with E-state index in [0.29, 0.717) is 25.6 Å². The summed E-state index contributed by atoms with van der Waals surface area (Å²) >= 11 is 0. The van der Waals surface area contributed by atoms with Crippen LogP contribution in [0.15, 0.2) is 0 Å². The van der Waals surface area contributed by atoms with Crippen LogP contribution < -0.4 is 0 Å². The van der Waals surface area contributed by atoms with Crippen molar-refractivity contribution >= 4 is 0 Å². The van der Waals surface area contributed by atoms with Gasteiger partial charge in [-0.05, 0) is 19.3 Å². The van der Waals surface area contributed by atoms with Gasteiger partial charge < -0.3 is 18.9 Å². The Balaban J connectivity index is 1.52. The molecule has 14 heavy (non-hydrogen) atoms. The molecule has 4 nitrogen and oxygen atoms in total. The Morgan fingerprint density at radius 1 is 0.786 bits per heavy atom. The molecule has 0 aromatic rings. The van der Waals surface area contributed by atoms with Crippen LogP contribution in [0.3, 0.4) is 0 Å². The van der Waals surface area contributed by atoms with E-state index in [9.17, 15) is 0 Å². The molecule has 3 saturated heterocycles. The summed E-state index contributed by atoms with van der Waals surface area (Å²) in [6.07, 6.45) is 4.37. The molecule has 3 heterocycles. The highest BCUT2D eigenvalue weighted by atomic mass is 16.7. The fraction of sp³-hybridized carbons (Fsp3) is 1.00. The number of hydrogen-bond acceptors (Lipinski definition) is 4. The zero-order chi connectivity index (χ0) is 9.38. The summed E-state index contributed by atoms with van der Waals surface area (Å²) in [4.78, 5) is 0. The van der Waals surface area contributed by atoms with Crippen LogP contribution in [-0.2, 0) is 18.9 Å². The molecule has 0 bridgehead atoms. The minimum Gasteiger partial charge on any atom is -0.375 e. The Kier molecular flexibility index (Phi) is 2.45. The highest BCUT2D eigenvalue weighted by Crippen LogP contribution is 2.31. The predicted octanol–water partition coefficient (Wildman–Crippen LogP) is 0.696. The first-order chi connectivity index (χ1) is 6.93. The van der Waals surface area contributed by atoms with Gasteiger partial charge in [-0.1, -0.05) is 0 Å². The van der Waals surface area contributed by atoms with Gasteiger partial charge in [0.2, 0.25) is 0 Å². The third-order valence-corrected chi connectivity index (χ3v) is 3.30. The Bertz CT molecular complexity index is 198. The first-order valence-corrected chi connectivity index (χ1v) is 5.40. The van der Waals surface area contributed by atoms with Gasteiger partial charge in [-0.2, -0.15) is 0 Å². The van der Waals surface area contributed by atoms with E-state index in [1.807, 2.05) is 0 Å². The lowest BCUT2D eigenvalue weighted by Gasteiger charge is -2.31. The van der Waals surface area contributed by atoms with E-state index in [-0.39, 0.29) is 12.2 Å². The summed E-state index contributed by atoms with van der Waals surface area (Å²) in [6, 6.07) is 0. The molecule has 3 aliphatic heterocycles. The lowest BCUT2D eigenvalue weighted by molar-refractivity contribution is -0.145. The van der Waals surface area contributed by atoms with Crippen molar-refractivity contribution in [2.45, 2.75) is 43.7 Å². The second kappa shape index (κ2) is 3.77. The largest absolute Gasteiger partial charge is 0.375 e. The number of hydrogen-bond donors (Lipinski definition) is 0. The van der Waals surface area contributed by atoms with Crippen molar-refractivity contribution in [1.29, 1.82) is 0 Å². The van der Waals surface area contributed by atoms with E-state index in [2.05, 4.69) is 0 Å². The summed E-state index contributed by atoms with van der Waals surface area (Å²) in [5, 5.41) is 0. The van der Waals surface area contributed by atoms with Crippen molar-refractivity contribution in [3.05, 3.63) is 0 Å². The number of ether oxygens (including phenoxy) is 4. The zero-order valence-electron chi connectivity index (χ0n) is 8.19. The average Bonchev–Trinajstić information content (AvgIpc) is 2.65. The van der Waals surface area contributed by atoms with Gasteiger partial charge in [0.25, 0.3) is 0 Å². The van der Waals surface area contributed by atoms with Gasteiger partial charge in [-0.3, -0.25) is 0 Å². The third kappa shape index (κ3) is 1.56. The minimum atomic E-state index is 0.153. The highest BCUT2D eigenvalue weighted by Gasteiger charge is 2.40. The lowest BCUT2D eigenvalue weighted by atomic mass is 10.0. The standard InChI is InChI=1S/C10H16O4/c1-2-9(10-5-11-6-13-10)14-8(1)7-3-4-12-7/h7-10H,1-6H2. The molecule has 0 amide bonds. The molecule has 0 saturated carbocycles. The topological polar surface area (TPSA) is 36.9 Å². The smallest absolute Gasteiger partial charge is 0.147 e. The summed E-state index contributed by atoms with van der Waals surface area (Å²) in [5.74, 6) is 0. The van der Waals surface area contributed by atoms with Crippen molar-refractivity contribution in [3.63, 3.8) is 0 Å². The van der Waals surface area contributed by atoms with E-state index < -0.39 is 0 Å². The van der Waals surface area contributed by atoms with Crippen molar-refractivity contribution < 1.29 is 18.9 Å². The second-order valence-electron chi connectivity index (χ2n) is 4.18. The second-order valence-corrected chi connectivity index (χ2v) is 4.18. The summed E-state index contributed by atoms with van der Waals surface area (Å²) in [7, 11) is 0. The van der Waals surface area contributed by atoms with Gasteiger partial charge in [0.15, 0.2) is 0 Å². The van der Waals surface area contributed by atoms with Crippen molar-refractivity contribution in [1.82, 2.24) is 0 Å². The summed E-state index contributed by atoms with van der Waals surface area (Å²) < 4.78 is 21.9. The van der Waals surface area contributed by atoms with E-state index in [4.69, 9.17) is 18.9 Å². The van der Waals surface area contributed by atoms with Crippen LogP contribution in [0.4, 0.5) is 0 Å². The SMILES string of the molecule is C1CC(C2CCC(C3COCO3)O2)O1. The van der Waals surface area contributed by atoms with E-state index in [0.717, 1.165) is 25.9 Å². The molecule has 3 fully saturated rings. The van der Waals surface area contributed by atoms with Crippen LogP contribution >= 0.6 is 0 Å². The Hall–Kier alpha value is -0.160. The Morgan fingerprint density at radius 3 is 2.14 bits per heavy atom. The van der Waals surface area contributed by atoms with Crippen LogP contribution in [0.2, 0.25) is 0 Å². The van der Waals surface area contributed by atoms with Crippen LogP contribution in [-0.4, -0.2) is 44.4 Å². The monoisotopic (exact) mass is 200 g/mol. The van der Waals surface area contributed by atoms with Crippen molar-refractivity contribution in [2.75, 3.05) is 20.0 Å². The fourth-order valence-corrected chi connectivity index (χ4v) is 2.35. The van der Waals surface area contributed by atoms with Gasteiger partial charge in [-0.25, -0.2) is 0 Å². The molecular formula is C10H16O4. The summed E-state index contributed by atoms with van der Waals surface area (Å²) in [6.45, 7) is 2.01. The van der Waals surface area contributed by atoms with Gasteiger partial charge in [0.05, 0.1) is 24.9 Å². The first-order valence-electron chi connectivity index (χ1n) is 5.40. The van der Waals surface area contributed by atoms with E-state index >= 15 is 0 Å². The quantitative estimate of drug-likeness (QED) is 0.657. The molecule has 4 unspecified atom stereocenters. The van der Waals surface area contributed by atoms with Gasteiger partial charge >= 0.3 is 0 Å². The Morgan fingerprint density at radius 2 is 1.57 bits per heavy atom. The maximum atomic E-state index is 5.92. The molecule has 3 aliphatic rings. The maximum Gasteiger partial charge on any atom is 0.147 e. The normalized spacial score (nSPS) is 48.0. The molecule has 4 heteroatoms. The predicted molar refractivity (Wildman–Crippen MR) is 47.9 cm³/mol. The van der Waals surface area contributed by atoms with Crippen molar-refractivity contribution in [2.24, 2.45) is 0 Å². The highest BCUT2D eigenvalue weighted by molar-refractivity contribution is 4.87. The number of rotatable bonds is 2. The molecule has 0 radical (unpaired) electrons. The van der Waals surface area contributed by atoms with Crippen LogP contribution in [0, 0.1) is 0 Å². The molecule has 0 spiro atoms. The van der Waals surface area contributed by atoms with E-state index in [1.165, 1.54) is 0 Å². The molecule has 0 aromatic heterocycles. The minimum absolute atomic E-state index is 0.153. The molecule has 0 aromatic carbocycles. The fourth-order valence-electron chi connectivity index (χ4n) is 2.35. The average molecular weight is 200 g/mol. The van der Waals surface area contributed by atoms with Gasteiger partial charge in [-0.15, -0.1) is 0 Å². The van der Waals surface area contributed by atoms with Crippen LogP contribution in [0.5, 0.6) is 0 Å². The lowest BCUT2D eigenvalue weighted by Crippen LogP contribution is -2.39. The van der Waals surface area contributed by atoms with Gasteiger partial charge in [0, 0.05) is 6.61 Å². The first kappa shape index (κ1) is 9.09. The molecule has 4 atom stereocenters. The molecule has 3 rings (SSSR count). The van der Waals surface area contributed by atoms with Crippen LogP contribution in [0.1, 0.15) is 19.3 Å². The van der Waals surface area contributed by atoms with Crippen molar-refractivity contribution in [3.8, 4) is 0 Å². The maximum absolute atomic E-state index is 5.92. The molecule has 0 aliphatic carbocycles. The molecular weight excluding hydrogens is 184 g/mol. The molecule has 0 N–H and O–H groups in total. The Labute approximate surface area is 83.5 Å².